The molecule has 0 aromatic carbocycles. The lowest BCUT2D eigenvalue weighted by Gasteiger charge is -2.33. The molecule has 2 saturated heterocycles. The van der Waals surface area contributed by atoms with Crippen LogP contribution in [0.2, 0.25) is 0 Å². The first-order valence-electron chi connectivity index (χ1n) is 5.66. The number of hydrogen-bond donors (Lipinski definition) is 3. The Morgan fingerprint density at radius 2 is 2.44 bits per heavy atom. The molecule has 3 N–H and O–H groups in total. The van der Waals surface area contributed by atoms with Gasteiger partial charge in [-0.2, -0.15) is 0 Å². The maximum absolute atomic E-state index is 9.90. The Morgan fingerprint density at radius 3 is 3.12 bits per heavy atom. The lowest BCUT2D eigenvalue weighted by molar-refractivity contribution is -0.0913. The van der Waals surface area contributed by atoms with Crippen molar-refractivity contribution in [2.75, 3.05) is 13.2 Å². The molecule has 4 unspecified atom stereocenters. The summed E-state index contributed by atoms with van der Waals surface area (Å²) in [6, 6.07) is -0.0941. The summed E-state index contributed by atoms with van der Waals surface area (Å²) < 4.78 is 5.65. The molecule has 2 heterocycles. The van der Waals surface area contributed by atoms with E-state index >= 15 is 0 Å². The van der Waals surface area contributed by atoms with Crippen LogP contribution in [0.15, 0.2) is 4.99 Å². The van der Waals surface area contributed by atoms with E-state index in [9.17, 15) is 5.11 Å². The number of ether oxygens (including phenoxy) is 1. The number of aliphatic imine (C=N–C) groups is 1. The number of rotatable bonds is 3. The summed E-state index contributed by atoms with van der Waals surface area (Å²) in [5.74, 6) is 0. The highest BCUT2D eigenvalue weighted by Crippen LogP contribution is 2.33. The van der Waals surface area contributed by atoms with Crippen LogP contribution in [0.25, 0.3) is 0 Å². The van der Waals surface area contributed by atoms with Crippen LogP contribution >= 0.6 is 11.8 Å². The van der Waals surface area contributed by atoms with E-state index in [-0.39, 0.29) is 24.2 Å². The average molecular weight is 246 g/mol. The fourth-order valence-electron chi connectivity index (χ4n) is 1.89. The SMILES string of the molecule is CCCN=C1NC2C(O)CC(CO)OC2S1. The summed E-state index contributed by atoms with van der Waals surface area (Å²) >= 11 is 1.50. The van der Waals surface area contributed by atoms with Crippen LogP contribution in [0.3, 0.4) is 0 Å². The van der Waals surface area contributed by atoms with Crippen molar-refractivity contribution in [3.05, 3.63) is 0 Å². The molecule has 2 aliphatic heterocycles. The van der Waals surface area contributed by atoms with Crippen LogP contribution in [0.1, 0.15) is 19.8 Å². The Labute approximate surface area is 99.3 Å². The van der Waals surface area contributed by atoms with Gasteiger partial charge in [-0.25, -0.2) is 0 Å². The van der Waals surface area contributed by atoms with Gasteiger partial charge in [-0.15, -0.1) is 0 Å². The second-order valence-corrected chi connectivity index (χ2v) is 5.17. The topological polar surface area (TPSA) is 74.1 Å². The first-order valence-corrected chi connectivity index (χ1v) is 6.54. The van der Waals surface area contributed by atoms with Gasteiger partial charge >= 0.3 is 0 Å². The van der Waals surface area contributed by atoms with Crippen molar-refractivity contribution in [2.24, 2.45) is 4.99 Å². The first-order chi connectivity index (χ1) is 7.74. The minimum absolute atomic E-state index is 0.0394. The minimum atomic E-state index is -0.474. The standard InChI is InChI=1S/C10H18N2O3S/c1-2-3-11-10-12-8-7(14)4-6(5-13)15-9(8)16-10/h6-9,13-14H,2-5H2,1H3,(H,11,12). The third-order valence-electron chi connectivity index (χ3n) is 2.74. The van der Waals surface area contributed by atoms with Crippen LogP contribution in [-0.2, 0) is 4.74 Å². The van der Waals surface area contributed by atoms with Crippen molar-refractivity contribution < 1.29 is 14.9 Å². The lowest BCUT2D eigenvalue weighted by Crippen LogP contribution is -2.51. The zero-order chi connectivity index (χ0) is 11.5. The summed E-state index contributed by atoms with van der Waals surface area (Å²) in [6.45, 7) is 2.82. The highest BCUT2D eigenvalue weighted by atomic mass is 32.2. The molecular weight excluding hydrogens is 228 g/mol. The molecule has 0 saturated carbocycles. The molecule has 0 aromatic rings. The van der Waals surface area contributed by atoms with Crippen molar-refractivity contribution >= 4 is 16.9 Å². The van der Waals surface area contributed by atoms with E-state index in [0.717, 1.165) is 18.1 Å². The summed E-state index contributed by atoms with van der Waals surface area (Å²) in [5, 5.41) is 23.0. The molecule has 6 heteroatoms. The Bertz CT molecular complexity index is 275. The quantitative estimate of drug-likeness (QED) is 0.650. The van der Waals surface area contributed by atoms with Gasteiger partial charge in [0.15, 0.2) is 5.17 Å². The molecule has 16 heavy (non-hydrogen) atoms. The zero-order valence-corrected chi connectivity index (χ0v) is 10.1. The summed E-state index contributed by atoms with van der Waals surface area (Å²) in [6.07, 6.45) is 0.754. The first kappa shape index (κ1) is 12.2. The lowest BCUT2D eigenvalue weighted by atomic mass is 10.0. The average Bonchev–Trinajstić information content (AvgIpc) is 2.69. The number of hydrogen-bond acceptors (Lipinski definition) is 5. The summed E-state index contributed by atoms with van der Waals surface area (Å²) in [4.78, 5) is 4.37. The second kappa shape index (κ2) is 5.35. The monoisotopic (exact) mass is 246 g/mol. The molecule has 0 aromatic heterocycles. The van der Waals surface area contributed by atoms with Crippen LogP contribution in [0, 0.1) is 0 Å². The van der Waals surface area contributed by atoms with Crippen LogP contribution in [-0.4, -0.2) is 52.2 Å². The molecule has 2 aliphatic rings. The minimum Gasteiger partial charge on any atom is -0.394 e. The number of fused-ring (bicyclic) bond motifs is 1. The molecule has 4 atom stereocenters. The fourth-order valence-corrected chi connectivity index (χ4v) is 3.09. The van der Waals surface area contributed by atoms with Crippen LogP contribution < -0.4 is 5.32 Å². The van der Waals surface area contributed by atoms with E-state index in [2.05, 4.69) is 17.2 Å². The van der Waals surface area contributed by atoms with Crippen LogP contribution in [0.5, 0.6) is 0 Å². The largest absolute Gasteiger partial charge is 0.394 e. The Hall–Kier alpha value is -0.300. The van der Waals surface area contributed by atoms with E-state index in [1.54, 1.807) is 0 Å². The summed E-state index contributed by atoms with van der Waals surface area (Å²) in [7, 11) is 0. The fraction of sp³-hybridized carbons (Fsp3) is 0.900. The molecule has 92 valence electrons. The molecule has 2 rings (SSSR count). The van der Waals surface area contributed by atoms with Crippen molar-refractivity contribution in [2.45, 2.75) is 43.5 Å². The van der Waals surface area contributed by atoms with Gasteiger partial charge in [0.25, 0.3) is 0 Å². The van der Waals surface area contributed by atoms with E-state index < -0.39 is 6.10 Å². The Kier molecular flexibility index (Phi) is 4.07. The van der Waals surface area contributed by atoms with Crippen molar-refractivity contribution in [1.82, 2.24) is 5.32 Å². The molecule has 5 nitrogen and oxygen atoms in total. The molecule has 0 spiro atoms. The van der Waals surface area contributed by atoms with E-state index in [1.165, 1.54) is 11.8 Å². The van der Waals surface area contributed by atoms with Crippen molar-refractivity contribution in [3.8, 4) is 0 Å². The third kappa shape index (κ3) is 2.51. The molecule has 0 amide bonds. The Morgan fingerprint density at radius 1 is 1.62 bits per heavy atom. The van der Waals surface area contributed by atoms with Gasteiger partial charge in [-0.1, -0.05) is 18.7 Å². The number of aliphatic hydroxyl groups is 2. The third-order valence-corrected chi connectivity index (χ3v) is 3.85. The molecule has 0 aliphatic carbocycles. The predicted octanol–water partition coefficient (Wildman–Crippen LogP) is -0.0744. The van der Waals surface area contributed by atoms with Gasteiger partial charge in [0.2, 0.25) is 0 Å². The van der Waals surface area contributed by atoms with Gasteiger partial charge < -0.3 is 20.3 Å². The van der Waals surface area contributed by atoms with Gasteiger partial charge in [0.1, 0.15) is 5.44 Å². The smallest absolute Gasteiger partial charge is 0.159 e. The molecule has 0 radical (unpaired) electrons. The zero-order valence-electron chi connectivity index (χ0n) is 9.30. The van der Waals surface area contributed by atoms with Crippen molar-refractivity contribution in [3.63, 3.8) is 0 Å². The highest BCUT2D eigenvalue weighted by molar-refractivity contribution is 8.14. The number of nitrogens with one attached hydrogen (secondary N) is 1. The van der Waals surface area contributed by atoms with Gasteiger partial charge in [-0.3, -0.25) is 4.99 Å². The molecular formula is C10H18N2O3S. The predicted molar refractivity (Wildman–Crippen MR) is 63.5 cm³/mol. The molecule has 2 fully saturated rings. The van der Waals surface area contributed by atoms with E-state index in [1.807, 2.05) is 0 Å². The highest BCUT2D eigenvalue weighted by Gasteiger charge is 2.43. The normalized spacial score (nSPS) is 40.8. The number of nitrogens with zero attached hydrogens (tertiary/aromatic N) is 1. The maximum atomic E-state index is 9.90. The maximum Gasteiger partial charge on any atom is 0.159 e. The number of amidine groups is 1. The van der Waals surface area contributed by atoms with Gasteiger partial charge in [-0.05, 0) is 6.42 Å². The summed E-state index contributed by atoms with van der Waals surface area (Å²) in [5.41, 5.74) is -0.128. The molecule has 0 bridgehead atoms. The van der Waals surface area contributed by atoms with Crippen molar-refractivity contribution in [1.29, 1.82) is 0 Å². The van der Waals surface area contributed by atoms with E-state index in [0.29, 0.717) is 6.42 Å². The number of thioether (sulfide) groups is 1. The Balaban J connectivity index is 1.98. The second-order valence-electron chi connectivity index (χ2n) is 4.09. The van der Waals surface area contributed by atoms with Gasteiger partial charge in [0, 0.05) is 13.0 Å². The number of aliphatic hydroxyl groups excluding tert-OH is 2. The van der Waals surface area contributed by atoms with E-state index in [4.69, 9.17) is 9.84 Å². The van der Waals surface area contributed by atoms with Gasteiger partial charge in [0.05, 0.1) is 24.9 Å². The van der Waals surface area contributed by atoms with Crippen LogP contribution in [0.4, 0.5) is 0 Å².